The number of rotatable bonds is 21. The van der Waals surface area contributed by atoms with E-state index in [1.54, 1.807) is 109 Å². The molecule has 73 heavy (non-hydrogen) atoms. The molecule has 0 saturated heterocycles. The number of para-hydroxylation sites is 9. The molecule has 366 valence electrons. The second-order valence-corrected chi connectivity index (χ2v) is 15.2. The largest absolute Gasteiger partial charge is 3.00 e. The van der Waals surface area contributed by atoms with Crippen molar-refractivity contribution in [2.24, 2.45) is 0 Å². The molecule has 13 heteroatoms. The summed E-state index contributed by atoms with van der Waals surface area (Å²) in [6.07, 6.45) is 0. The summed E-state index contributed by atoms with van der Waals surface area (Å²) in [7, 11) is 0. The molecule has 0 bridgehead atoms. The number of hydrogen-bond donors (Lipinski definition) is 0. The molecule has 9 rings (SSSR count). The van der Waals surface area contributed by atoms with E-state index in [0.717, 1.165) is 0 Å². The van der Waals surface area contributed by atoms with Crippen LogP contribution in [-0.2, 0) is 32.7 Å². The van der Waals surface area contributed by atoms with Crippen molar-refractivity contribution in [3.63, 3.8) is 0 Å². The second kappa shape index (κ2) is 28.9. The molecule has 9 aromatic carbocycles. The Balaban J connectivity index is 0.000000177. The third-order valence-electron chi connectivity index (χ3n) is 9.68. The summed E-state index contributed by atoms with van der Waals surface area (Å²) in [5.74, 6) is -1.03. The first kappa shape index (κ1) is 54.5. The molecule has 0 N–H and O–H groups in total. The van der Waals surface area contributed by atoms with Crippen LogP contribution in [0.1, 0.15) is 0 Å². The molecule has 0 fully saturated rings. The molecule has 12 nitrogen and oxygen atoms in total. The summed E-state index contributed by atoms with van der Waals surface area (Å²) in [6.45, 7) is -2.23. The monoisotopic (exact) mass is 1050 g/mol. The number of hydrogen-bond acceptors (Lipinski definition) is 12. The molecular formula is C60H51O12Y. The Hall–Kier alpha value is -7.84. The van der Waals surface area contributed by atoms with Crippen LogP contribution >= 0.6 is 0 Å². The summed E-state index contributed by atoms with van der Waals surface area (Å²) in [5, 5.41) is 36.0. The average molecular weight is 1050 g/mol. The van der Waals surface area contributed by atoms with E-state index in [4.69, 9.17) is 42.6 Å². The van der Waals surface area contributed by atoms with Gasteiger partial charge in [-0.15, -0.1) is 0 Å². The van der Waals surface area contributed by atoms with Crippen LogP contribution in [0.2, 0.25) is 0 Å². The normalized spacial score (nSPS) is 10.7. The molecule has 0 aromatic heterocycles. The minimum absolute atomic E-state index is 0. The van der Waals surface area contributed by atoms with Crippen molar-refractivity contribution in [2.45, 2.75) is 17.9 Å². The summed E-state index contributed by atoms with van der Waals surface area (Å²) < 4.78 is 52.2. The van der Waals surface area contributed by atoms with E-state index >= 15 is 0 Å². The van der Waals surface area contributed by atoms with Gasteiger partial charge < -0.3 is 58.0 Å². The van der Waals surface area contributed by atoms with Gasteiger partial charge in [-0.05, 0) is 129 Å². The Bertz CT molecular complexity index is 2210. The maximum Gasteiger partial charge on any atom is 3.00 e. The quantitative estimate of drug-likeness (QED) is 0.0630. The molecular weight excluding hydrogens is 1000 g/mol. The molecule has 0 unspecified atom stereocenters. The predicted molar refractivity (Wildman–Crippen MR) is 266 cm³/mol. The van der Waals surface area contributed by atoms with E-state index in [-0.39, 0.29) is 32.7 Å². The standard InChI is InChI=1S/3C20H17O4.Y/c3*21-16-20(22-17-10-4-1-5-11-17,23-18-12-6-2-7-13-18)24-19-14-8-3-9-15-19;/h3*1-15H,16H2;/q3*-1;+3. The average Bonchev–Trinajstić information content (AvgIpc) is 3.43. The van der Waals surface area contributed by atoms with Crippen LogP contribution in [0.5, 0.6) is 51.7 Å². The van der Waals surface area contributed by atoms with Gasteiger partial charge in [0.05, 0.1) is 0 Å². The van der Waals surface area contributed by atoms with E-state index in [2.05, 4.69) is 0 Å². The van der Waals surface area contributed by atoms with Crippen molar-refractivity contribution in [1.29, 1.82) is 0 Å². The predicted octanol–water partition coefficient (Wildman–Crippen LogP) is 9.71. The molecule has 0 amide bonds. The maximum absolute atomic E-state index is 12.0. The van der Waals surface area contributed by atoms with Crippen LogP contribution in [-0.4, -0.2) is 37.7 Å². The Morgan fingerprint density at radius 2 is 0.288 bits per heavy atom. The summed E-state index contributed by atoms with van der Waals surface area (Å²) in [5.41, 5.74) is 0. The maximum atomic E-state index is 12.0. The van der Waals surface area contributed by atoms with Gasteiger partial charge in [-0.25, -0.2) is 0 Å². The van der Waals surface area contributed by atoms with Crippen molar-refractivity contribution >= 4 is 0 Å². The molecule has 0 spiro atoms. The zero-order chi connectivity index (χ0) is 50.0. The first-order chi connectivity index (χ1) is 35.4. The van der Waals surface area contributed by atoms with Crippen molar-refractivity contribution in [3.05, 3.63) is 273 Å². The zero-order valence-electron chi connectivity index (χ0n) is 39.6. The Morgan fingerprint density at radius 3 is 0.370 bits per heavy atom. The van der Waals surface area contributed by atoms with Crippen LogP contribution in [0, 0.1) is 0 Å². The van der Waals surface area contributed by atoms with Gasteiger partial charge in [-0.1, -0.05) is 164 Å². The first-order valence-corrected chi connectivity index (χ1v) is 22.8. The van der Waals surface area contributed by atoms with E-state index in [0.29, 0.717) is 51.7 Å². The van der Waals surface area contributed by atoms with Gasteiger partial charge >= 0.3 is 50.6 Å². The minimum Gasteiger partial charge on any atom is -0.846 e. The van der Waals surface area contributed by atoms with Crippen molar-refractivity contribution in [2.75, 3.05) is 19.8 Å². The van der Waals surface area contributed by atoms with Crippen LogP contribution in [0.15, 0.2) is 273 Å². The first-order valence-electron chi connectivity index (χ1n) is 22.8. The van der Waals surface area contributed by atoms with E-state index in [1.165, 1.54) is 0 Å². The third kappa shape index (κ3) is 17.8. The Labute approximate surface area is 450 Å². The number of benzene rings is 9. The fraction of sp³-hybridized carbons (Fsp3) is 0.100. The van der Waals surface area contributed by atoms with Gasteiger partial charge in [-0.3, -0.25) is 0 Å². The molecule has 0 saturated carbocycles. The van der Waals surface area contributed by atoms with Crippen LogP contribution < -0.4 is 58.0 Å². The molecule has 0 radical (unpaired) electrons. The summed E-state index contributed by atoms with van der Waals surface area (Å²) in [6, 6.07) is 80.8. The molecule has 0 atom stereocenters. The summed E-state index contributed by atoms with van der Waals surface area (Å²) in [4.78, 5) is 0. The van der Waals surface area contributed by atoms with E-state index in [9.17, 15) is 15.3 Å². The smallest absolute Gasteiger partial charge is 0.846 e. The van der Waals surface area contributed by atoms with Crippen LogP contribution in [0.25, 0.3) is 0 Å². The van der Waals surface area contributed by atoms with E-state index < -0.39 is 37.7 Å². The van der Waals surface area contributed by atoms with Gasteiger partial charge in [0.1, 0.15) is 51.7 Å². The fourth-order valence-electron chi connectivity index (χ4n) is 6.47. The summed E-state index contributed by atoms with van der Waals surface area (Å²) >= 11 is 0. The topological polar surface area (TPSA) is 152 Å². The van der Waals surface area contributed by atoms with Crippen molar-refractivity contribution in [1.82, 2.24) is 0 Å². The third-order valence-corrected chi connectivity index (χ3v) is 9.68. The van der Waals surface area contributed by atoms with E-state index in [1.807, 2.05) is 164 Å². The zero-order valence-corrected chi connectivity index (χ0v) is 42.4. The Kier molecular flexibility index (Phi) is 21.6. The van der Waals surface area contributed by atoms with Crippen LogP contribution in [0.4, 0.5) is 0 Å². The van der Waals surface area contributed by atoms with Gasteiger partial charge in [-0.2, -0.15) is 0 Å². The fourth-order valence-corrected chi connectivity index (χ4v) is 6.47. The van der Waals surface area contributed by atoms with Gasteiger partial charge in [0.15, 0.2) is 0 Å². The van der Waals surface area contributed by atoms with Gasteiger partial charge in [0.2, 0.25) is 0 Å². The molecule has 0 aliphatic rings. The van der Waals surface area contributed by atoms with Crippen molar-refractivity contribution in [3.8, 4) is 51.7 Å². The number of ether oxygens (including phenoxy) is 9. The second-order valence-electron chi connectivity index (χ2n) is 15.2. The van der Waals surface area contributed by atoms with Crippen molar-refractivity contribution < 1.29 is 90.7 Å². The Morgan fingerprint density at radius 1 is 0.192 bits per heavy atom. The van der Waals surface area contributed by atoms with Gasteiger partial charge in [0, 0.05) is 0 Å². The van der Waals surface area contributed by atoms with Gasteiger partial charge in [0.25, 0.3) is 0 Å². The molecule has 9 aromatic rings. The SMILES string of the molecule is [O-]CC(Oc1ccccc1)(Oc1ccccc1)Oc1ccccc1.[O-]CC(Oc1ccccc1)(Oc1ccccc1)Oc1ccccc1.[O-]CC(Oc1ccccc1)(Oc1ccccc1)Oc1ccccc1.[Y+3]. The van der Waals surface area contributed by atoms with Crippen LogP contribution in [0.3, 0.4) is 0 Å². The molecule has 0 heterocycles. The minimum atomic E-state index is -1.80. The molecule has 0 aliphatic heterocycles. The molecule has 0 aliphatic carbocycles.